The van der Waals surface area contributed by atoms with E-state index in [1.165, 1.54) is 10.0 Å². The number of fused-ring (bicyclic) bond motifs is 1. The van der Waals surface area contributed by atoms with E-state index in [0.717, 1.165) is 16.4 Å². The second-order valence-corrected chi connectivity index (χ2v) is 8.43. The van der Waals surface area contributed by atoms with Gasteiger partial charge in [0.25, 0.3) is 0 Å². The van der Waals surface area contributed by atoms with Gasteiger partial charge in [-0.25, -0.2) is 0 Å². The second-order valence-electron chi connectivity index (χ2n) is 6.23. The quantitative estimate of drug-likeness (QED) is 0.497. The molecular formula is C22H18O2Se. The molecule has 2 nitrogen and oxygen atoms in total. The minimum atomic E-state index is -0.683. The van der Waals surface area contributed by atoms with E-state index in [4.69, 9.17) is 4.74 Å². The van der Waals surface area contributed by atoms with Crippen LogP contribution in [-0.2, 0) is 10.3 Å². The summed E-state index contributed by atoms with van der Waals surface area (Å²) in [5.74, 6) is -0.222. The molecule has 3 aromatic carbocycles. The third-order valence-electron chi connectivity index (χ3n) is 4.55. The molecule has 0 spiro atoms. The van der Waals surface area contributed by atoms with E-state index in [0.29, 0.717) is 5.56 Å². The van der Waals surface area contributed by atoms with Crippen LogP contribution in [0, 0.1) is 6.92 Å². The van der Waals surface area contributed by atoms with E-state index < -0.39 is 5.60 Å². The zero-order chi connectivity index (χ0) is 17.3. The minimum absolute atomic E-state index is 0.198. The third kappa shape index (κ3) is 2.90. The predicted molar refractivity (Wildman–Crippen MR) is 100 cm³/mol. The van der Waals surface area contributed by atoms with Gasteiger partial charge in [-0.3, -0.25) is 0 Å². The zero-order valence-corrected chi connectivity index (χ0v) is 15.7. The Hall–Kier alpha value is -2.35. The molecule has 1 aliphatic heterocycles. The first kappa shape index (κ1) is 16.1. The van der Waals surface area contributed by atoms with Crippen LogP contribution in [0.5, 0.6) is 0 Å². The molecule has 0 saturated heterocycles. The Bertz CT molecular complexity index is 903. The summed E-state index contributed by atoms with van der Waals surface area (Å²) in [6.45, 7) is 2.07. The molecule has 1 heterocycles. The Morgan fingerprint density at radius 2 is 1.56 bits per heavy atom. The van der Waals surface area contributed by atoms with Gasteiger partial charge in [-0.05, 0) is 0 Å². The van der Waals surface area contributed by atoms with Gasteiger partial charge in [0.2, 0.25) is 0 Å². The number of rotatable bonds is 4. The number of benzene rings is 3. The van der Waals surface area contributed by atoms with E-state index >= 15 is 0 Å². The molecule has 0 aliphatic carbocycles. The van der Waals surface area contributed by atoms with Gasteiger partial charge in [0.15, 0.2) is 0 Å². The van der Waals surface area contributed by atoms with Gasteiger partial charge in [0.05, 0.1) is 0 Å². The summed E-state index contributed by atoms with van der Waals surface area (Å²) in [5, 5.41) is 0.788. The van der Waals surface area contributed by atoms with Crippen LogP contribution in [0.3, 0.4) is 0 Å². The SMILES string of the molecule is Cc1ccc(C2(C[Se]c3ccccc3)OC(=O)c3ccccc32)cc1. The van der Waals surface area contributed by atoms with Gasteiger partial charge >= 0.3 is 154 Å². The Balaban J connectivity index is 1.79. The van der Waals surface area contributed by atoms with Crippen molar-refractivity contribution < 1.29 is 9.53 Å². The van der Waals surface area contributed by atoms with Crippen molar-refractivity contribution in [2.75, 3.05) is 0 Å². The van der Waals surface area contributed by atoms with Crippen molar-refractivity contribution in [2.45, 2.75) is 17.8 Å². The van der Waals surface area contributed by atoms with Gasteiger partial charge in [-0.1, -0.05) is 0 Å². The number of aryl methyl sites for hydroxylation is 1. The Labute approximate surface area is 154 Å². The number of cyclic esters (lactones) is 1. The monoisotopic (exact) mass is 394 g/mol. The van der Waals surface area contributed by atoms with Gasteiger partial charge in [0.1, 0.15) is 0 Å². The average molecular weight is 393 g/mol. The van der Waals surface area contributed by atoms with Crippen molar-refractivity contribution in [2.24, 2.45) is 0 Å². The summed E-state index contributed by atoms with van der Waals surface area (Å²) in [6.07, 6.45) is 0. The molecule has 25 heavy (non-hydrogen) atoms. The summed E-state index contributed by atoms with van der Waals surface area (Å²) in [6, 6.07) is 26.6. The summed E-state index contributed by atoms with van der Waals surface area (Å²) >= 11 is 0.198. The molecule has 4 rings (SSSR count). The normalized spacial score (nSPS) is 18.7. The van der Waals surface area contributed by atoms with Gasteiger partial charge in [-0.2, -0.15) is 0 Å². The fourth-order valence-electron chi connectivity index (χ4n) is 3.21. The molecule has 3 heteroatoms. The second kappa shape index (κ2) is 6.51. The van der Waals surface area contributed by atoms with Crippen LogP contribution in [0.1, 0.15) is 27.0 Å². The maximum atomic E-state index is 12.5. The topological polar surface area (TPSA) is 26.3 Å². The van der Waals surface area contributed by atoms with Crippen molar-refractivity contribution >= 4 is 25.4 Å². The van der Waals surface area contributed by atoms with Crippen LogP contribution in [0.15, 0.2) is 78.9 Å². The zero-order valence-electron chi connectivity index (χ0n) is 13.9. The molecule has 3 aromatic rings. The van der Waals surface area contributed by atoms with Crippen LogP contribution in [0.4, 0.5) is 0 Å². The van der Waals surface area contributed by atoms with Crippen molar-refractivity contribution in [3.63, 3.8) is 0 Å². The molecule has 0 saturated carbocycles. The number of ether oxygens (including phenoxy) is 1. The molecule has 0 N–H and O–H groups in total. The van der Waals surface area contributed by atoms with Crippen molar-refractivity contribution in [1.82, 2.24) is 0 Å². The Morgan fingerprint density at radius 1 is 0.880 bits per heavy atom. The third-order valence-corrected chi connectivity index (χ3v) is 6.98. The molecule has 0 aromatic heterocycles. The van der Waals surface area contributed by atoms with Gasteiger partial charge < -0.3 is 0 Å². The Morgan fingerprint density at radius 3 is 2.32 bits per heavy atom. The summed E-state index contributed by atoms with van der Waals surface area (Å²) < 4.78 is 7.35. The molecule has 1 aliphatic rings. The van der Waals surface area contributed by atoms with Crippen LogP contribution in [0.2, 0.25) is 5.32 Å². The number of carbonyl (C=O) groups is 1. The summed E-state index contributed by atoms with van der Waals surface area (Å²) in [7, 11) is 0. The van der Waals surface area contributed by atoms with E-state index in [9.17, 15) is 4.79 Å². The van der Waals surface area contributed by atoms with Gasteiger partial charge in [-0.15, -0.1) is 0 Å². The predicted octanol–water partition coefficient (Wildman–Crippen LogP) is 3.86. The van der Waals surface area contributed by atoms with Crippen molar-refractivity contribution in [1.29, 1.82) is 0 Å². The van der Waals surface area contributed by atoms with E-state index in [-0.39, 0.29) is 20.9 Å². The number of esters is 1. The fraction of sp³-hybridized carbons (Fsp3) is 0.136. The first-order valence-electron chi connectivity index (χ1n) is 8.27. The van der Waals surface area contributed by atoms with E-state index in [1.807, 2.05) is 30.3 Å². The van der Waals surface area contributed by atoms with Crippen LogP contribution >= 0.6 is 0 Å². The standard InChI is InChI=1S/C22H18O2Se/c1-16-11-13-17(14-12-16)22(15-25-18-7-3-2-4-8-18)20-10-6-5-9-19(20)21(23)24-22/h2-14H,15H2,1H3. The van der Waals surface area contributed by atoms with Crippen LogP contribution in [0.25, 0.3) is 0 Å². The average Bonchev–Trinajstić information content (AvgIpc) is 2.95. The van der Waals surface area contributed by atoms with Crippen molar-refractivity contribution in [3.05, 3.63) is 101 Å². The van der Waals surface area contributed by atoms with E-state index in [2.05, 4.69) is 55.5 Å². The maximum absolute atomic E-state index is 12.5. The first-order valence-corrected chi connectivity index (χ1v) is 10.3. The molecule has 124 valence electrons. The molecule has 0 radical (unpaired) electrons. The number of carbonyl (C=O) groups excluding carboxylic acids is 1. The van der Waals surface area contributed by atoms with Crippen LogP contribution < -0.4 is 4.46 Å². The van der Waals surface area contributed by atoms with Gasteiger partial charge in [0, 0.05) is 0 Å². The molecule has 1 unspecified atom stereocenters. The molecule has 1 atom stereocenters. The first-order chi connectivity index (χ1) is 12.2. The summed E-state index contributed by atoms with van der Waals surface area (Å²) in [5.41, 5.74) is 3.24. The molecule has 0 bridgehead atoms. The molecule has 0 amide bonds. The van der Waals surface area contributed by atoms with Crippen molar-refractivity contribution in [3.8, 4) is 0 Å². The molecule has 0 fully saturated rings. The molecular weight excluding hydrogens is 375 g/mol. The number of hydrogen-bond donors (Lipinski definition) is 0. The fourth-order valence-corrected chi connectivity index (χ4v) is 5.52. The Kier molecular flexibility index (Phi) is 4.20. The van der Waals surface area contributed by atoms with E-state index in [1.54, 1.807) is 0 Å². The summed E-state index contributed by atoms with van der Waals surface area (Å²) in [4.78, 5) is 12.5. The van der Waals surface area contributed by atoms with Crippen LogP contribution in [-0.4, -0.2) is 20.9 Å². The number of hydrogen-bond acceptors (Lipinski definition) is 2.